The highest BCUT2D eigenvalue weighted by atomic mass is 19.1. The number of para-hydroxylation sites is 2. The predicted molar refractivity (Wildman–Crippen MR) is 99.9 cm³/mol. The highest BCUT2D eigenvalue weighted by Gasteiger charge is 2.15. The summed E-state index contributed by atoms with van der Waals surface area (Å²) in [6.45, 7) is 0.805. The fraction of sp³-hybridized carbons (Fsp3) is 0.136. The van der Waals surface area contributed by atoms with Crippen molar-refractivity contribution in [3.8, 4) is 11.4 Å². The monoisotopic (exact) mass is 330 g/mol. The number of imidazole rings is 1. The number of rotatable bonds is 5. The first kappa shape index (κ1) is 15.6. The van der Waals surface area contributed by atoms with Crippen LogP contribution in [-0.4, -0.2) is 9.55 Å². The highest BCUT2D eigenvalue weighted by Crippen LogP contribution is 2.27. The second kappa shape index (κ2) is 6.89. The quantitative estimate of drug-likeness (QED) is 0.474. The number of fused-ring (bicyclic) bond motifs is 1. The molecular weight excluding hydrogens is 311 g/mol. The number of nitrogens with zero attached hydrogens (tertiary/aromatic N) is 2. The summed E-state index contributed by atoms with van der Waals surface area (Å²) in [6.07, 6.45) is 1.97. The van der Waals surface area contributed by atoms with Crippen LogP contribution in [0.25, 0.3) is 22.4 Å². The molecule has 3 heteroatoms. The largest absolute Gasteiger partial charge is 0.324 e. The number of hydrogen-bond acceptors (Lipinski definition) is 1. The lowest BCUT2D eigenvalue weighted by atomic mass is 10.1. The van der Waals surface area contributed by atoms with Gasteiger partial charge in [-0.3, -0.25) is 0 Å². The van der Waals surface area contributed by atoms with Crippen molar-refractivity contribution < 1.29 is 4.39 Å². The molecule has 0 aliphatic heterocycles. The molecule has 0 spiro atoms. The van der Waals surface area contributed by atoms with E-state index in [9.17, 15) is 4.39 Å². The second-order valence-electron chi connectivity index (χ2n) is 6.14. The van der Waals surface area contributed by atoms with Gasteiger partial charge in [0.2, 0.25) is 0 Å². The third-order valence-electron chi connectivity index (χ3n) is 4.46. The molecule has 0 saturated carbocycles. The van der Waals surface area contributed by atoms with Crippen molar-refractivity contribution in [2.24, 2.45) is 0 Å². The van der Waals surface area contributed by atoms with E-state index in [0.717, 1.165) is 30.4 Å². The summed E-state index contributed by atoms with van der Waals surface area (Å²) >= 11 is 0. The maximum absolute atomic E-state index is 14.3. The lowest BCUT2D eigenvalue weighted by Gasteiger charge is -2.10. The van der Waals surface area contributed by atoms with E-state index in [4.69, 9.17) is 4.98 Å². The van der Waals surface area contributed by atoms with Crippen LogP contribution in [0.4, 0.5) is 4.39 Å². The normalized spacial score (nSPS) is 11.1. The number of benzene rings is 3. The van der Waals surface area contributed by atoms with Gasteiger partial charge in [0, 0.05) is 6.54 Å². The molecule has 0 amide bonds. The van der Waals surface area contributed by atoms with Crippen LogP contribution < -0.4 is 0 Å². The molecule has 25 heavy (non-hydrogen) atoms. The van der Waals surface area contributed by atoms with Gasteiger partial charge in [-0.1, -0.05) is 54.6 Å². The Kier molecular flexibility index (Phi) is 4.30. The minimum atomic E-state index is -0.234. The number of aryl methyl sites for hydroxylation is 2. The molecule has 0 unspecified atom stereocenters. The average molecular weight is 330 g/mol. The molecule has 2 nitrogen and oxygen atoms in total. The summed E-state index contributed by atoms with van der Waals surface area (Å²) in [7, 11) is 0. The van der Waals surface area contributed by atoms with Crippen LogP contribution in [0.1, 0.15) is 12.0 Å². The van der Waals surface area contributed by atoms with Crippen LogP contribution in [0.3, 0.4) is 0 Å². The number of halogens is 1. The smallest absolute Gasteiger partial charge is 0.144 e. The summed E-state index contributed by atoms with van der Waals surface area (Å²) in [6, 6.07) is 25.3. The SMILES string of the molecule is Fc1ccccc1-c1nc2ccccc2n1CCCc1ccccc1. The Labute approximate surface area is 146 Å². The molecule has 0 aliphatic rings. The molecule has 124 valence electrons. The molecule has 0 aliphatic carbocycles. The van der Waals surface area contributed by atoms with E-state index in [-0.39, 0.29) is 5.82 Å². The first-order valence-electron chi connectivity index (χ1n) is 8.57. The molecule has 0 atom stereocenters. The van der Waals surface area contributed by atoms with E-state index < -0.39 is 0 Å². The molecule has 1 heterocycles. The summed E-state index contributed by atoms with van der Waals surface area (Å²) in [5, 5.41) is 0. The Morgan fingerprint density at radius 1 is 0.800 bits per heavy atom. The van der Waals surface area contributed by atoms with Gasteiger partial charge in [0.05, 0.1) is 16.6 Å². The zero-order valence-electron chi connectivity index (χ0n) is 13.9. The van der Waals surface area contributed by atoms with E-state index in [1.165, 1.54) is 11.6 Å². The Bertz CT molecular complexity index is 989. The van der Waals surface area contributed by atoms with Crippen molar-refractivity contribution >= 4 is 11.0 Å². The van der Waals surface area contributed by atoms with Crippen LogP contribution in [0.2, 0.25) is 0 Å². The lowest BCUT2D eigenvalue weighted by molar-refractivity contribution is 0.622. The van der Waals surface area contributed by atoms with E-state index in [1.807, 2.05) is 30.3 Å². The van der Waals surface area contributed by atoms with Crippen molar-refractivity contribution in [2.75, 3.05) is 0 Å². The molecule has 0 bridgehead atoms. The fourth-order valence-electron chi connectivity index (χ4n) is 3.24. The first-order valence-corrected chi connectivity index (χ1v) is 8.57. The minimum absolute atomic E-state index is 0.234. The Morgan fingerprint density at radius 2 is 1.52 bits per heavy atom. The Balaban J connectivity index is 1.69. The molecule has 3 aromatic carbocycles. The maximum atomic E-state index is 14.3. The van der Waals surface area contributed by atoms with Crippen LogP contribution >= 0.6 is 0 Å². The molecule has 0 radical (unpaired) electrons. The van der Waals surface area contributed by atoms with Crippen molar-refractivity contribution in [1.29, 1.82) is 0 Å². The summed E-state index contributed by atoms with van der Waals surface area (Å²) in [5.41, 5.74) is 3.83. The molecule has 0 fully saturated rings. The van der Waals surface area contributed by atoms with Gasteiger partial charge in [-0.25, -0.2) is 9.37 Å². The van der Waals surface area contributed by atoms with Crippen LogP contribution in [0.5, 0.6) is 0 Å². The molecular formula is C22H19FN2. The molecule has 0 N–H and O–H groups in total. The van der Waals surface area contributed by atoms with Gasteiger partial charge in [-0.05, 0) is 42.7 Å². The van der Waals surface area contributed by atoms with Gasteiger partial charge in [0.25, 0.3) is 0 Å². The van der Waals surface area contributed by atoms with Crippen LogP contribution in [-0.2, 0) is 13.0 Å². The first-order chi connectivity index (χ1) is 12.3. The molecule has 4 rings (SSSR count). The lowest BCUT2D eigenvalue weighted by Crippen LogP contribution is -2.03. The third kappa shape index (κ3) is 3.18. The summed E-state index contributed by atoms with van der Waals surface area (Å²) < 4.78 is 16.5. The van der Waals surface area contributed by atoms with Gasteiger partial charge in [-0.15, -0.1) is 0 Å². The van der Waals surface area contributed by atoms with Crippen LogP contribution in [0.15, 0.2) is 78.9 Å². The van der Waals surface area contributed by atoms with E-state index in [1.54, 1.807) is 12.1 Å². The van der Waals surface area contributed by atoms with Gasteiger partial charge in [-0.2, -0.15) is 0 Å². The standard InChI is InChI=1S/C22H19FN2/c23-19-13-5-4-12-18(19)22-24-20-14-6-7-15-21(20)25(22)16-8-11-17-9-2-1-3-10-17/h1-7,9-10,12-15H,8,11,16H2. The second-order valence-corrected chi connectivity index (χ2v) is 6.14. The Morgan fingerprint density at radius 3 is 2.36 bits per heavy atom. The van der Waals surface area contributed by atoms with E-state index in [2.05, 4.69) is 34.9 Å². The summed E-state index contributed by atoms with van der Waals surface area (Å²) in [5.74, 6) is 0.467. The molecule has 4 aromatic rings. The van der Waals surface area contributed by atoms with Crippen molar-refractivity contribution in [3.05, 3.63) is 90.2 Å². The number of hydrogen-bond donors (Lipinski definition) is 0. The fourth-order valence-corrected chi connectivity index (χ4v) is 3.24. The molecule has 0 saturated heterocycles. The van der Waals surface area contributed by atoms with Gasteiger partial charge in [0.1, 0.15) is 11.6 Å². The Hall–Kier alpha value is -2.94. The maximum Gasteiger partial charge on any atom is 0.144 e. The van der Waals surface area contributed by atoms with Gasteiger partial charge >= 0.3 is 0 Å². The van der Waals surface area contributed by atoms with E-state index in [0.29, 0.717) is 11.4 Å². The summed E-state index contributed by atoms with van der Waals surface area (Å²) in [4.78, 5) is 4.69. The zero-order chi connectivity index (χ0) is 17.1. The van der Waals surface area contributed by atoms with Crippen LogP contribution in [0, 0.1) is 5.82 Å². The predicted octanol–water partition coefficient (Wildman–Crippen LogP) is 5.48. The van der Waals surface area contributed by atoms with Gasteiger partial charge < -0.3 is 4.57 Å². The zero-order valence-corrected chi connectivity index (χ0v) is 13.9. The highest BCUT2D eigenvalue weighted by molar-refractivity contribution is 5.80. The topological polar surface area (TPSA) is 17.8 Å². The molecule has 1 aromatic heterocycles. The average Bonchev–Trinajstić information content (AvgIpc) is 3.02. The van der Waals surface area contributed by atoms with Crippen molar-refractivity contribution in [2.45, 2.75) is 19.4 Å². The minimum Gasteiger partial charge on any atom is -0.324 e. The van der Waals surface area contributed by atoms with Crippen molar-refractivity contribution in [1.82, 2.24) is 9.55 Å². The third-order valence-corrected chi connectivity index (χ3v) is 4.46. The van der Waals surface area contributed by atoms with Crippen molar-refractivity contribution in [3.63, 3.8) is 0 Å². The van der Waals surface area contributed by atoms with Gasteiger partial charge in [0.15, 0.2) is 0 Å². The number of aromatic nitrogens is 2. The van der Waals surface area contributed by atoms with E-state index >= 15 is 0 Å².